The van der Waals surface area contributed by atoms with Crippen LogP contribution >= 0.6 is 15.9 Å². The van der Waals surface area contributed by atoms with Gasteiger partial charge in [0.05, 0.1) is 11.4 Å². The van der Waals surface area contributed by atoms with E-state index in [2.05, 4.69) is 26.2 Å². The van der Waals surface area contributed by atoms with Crippen molar-refractivity contribution in [3.8, 4) is 11.5 Å². The number of aromatic nitrogens is 1. The molecule has 3 N–H and O–H groups in total. The van der Waals surface area contributed by atoms with E-state index in [0.717, 1.165) is 6.07 Å². The van der Waals surface area contributed by atoms with Crippen molar-refractivity contribution in [2.45, 2.75) is 6.92 Å². The molecule has 0 radical (unpaired) electrons. The number of carbonyl (C=O) groups is 1. The van der Waals surface area contributed by atoms with Crippen LogP contribution in [0.1, 0.15) is 16.1 Å². The Bertz CT molecular complexity index is 624. The first-order valence-electron chi connectivity index (χ1n) is 5.43. The van der Waals surface area contributed by atoms with Gasteiger partial charge in [0.2, 0.25) is 0 Å². The van der Waals surface area contributed by atoms with Crippen molar-refractivity contribution in [2.24, 2.45) is 0 Å². The van der Waals surface area contributed by atoms with Gasteiger partial charge >= 0.3 is 0 Å². The van der Waals surface area contributed by atoms with E-state index in [9.17, 15) is 15.0 Å². The van der Waals surface area contributed by atoms with Gasteiger partial charge in [0.1, 0.15) is 16.1 Å². The van der Waals surface area contributed by atoms with Crippen LogP contribution < -0.4 is 5.32 Å². The highest BCUT2D eigenvalue weighted by Gasteiger charge is 2.10. The van der Waals surface area contributed by atoms with Gasteiger partial charge in [-0.3, -0.25) is 4.79 Å². The van der Waals surface area contributed by atoms with Crippen molar-refractivity contribution in [1.82, 2.24) is 4.98 Å². The van der Waals surface area contributed by atoms with Crippen molar-refractivity contribution < 1.29 is 15.0 Å². The summed E-state index contributed by atoms with van der Waals surface area (Å²) < 4.78 is 0.679. The summed E-state index contributed by atoms with van der Waals surface area (Å²) in [4.78, 5) is 16.1. The fourth-order valence-electron chi connectivity index (χ4n) is 1.58. The fraction of sp³-hybridized carbons (Fsp3) is 0.0769. The number of nitrogens with one attached hydrogen (secondary N) is 1. The van der Waals surface area contributed by atoms with E-state index in [4.69, 9.17) is 0 Å². The molecule has 6 heteroatoms. The topological polar surface area (TPSA) is 82.5 Å². The molecule has 0 aliphatic rings. The molecule has 0 bridgehead atoms. The van der Waals surface area contributed by atoms with Crippen LogP contribution in [0.4, 0.5) is 5.69 Å². The van der Waals surface area contributed by atoms with Gasteiger partial charge in [-0.25, -0.2) is 4.98 Å². The highest BCUT2D eigenvalue weighted by atomic mass is 79.9. The highest BCUT2D eigenvalue weighted by Crippen LogP contribution is 2.22. The monoisotopic (exact) mass is 322 g/mol. The van der Waals surface area contributed by atoms with E-state index in [1.807, 2.05) is 0 Å². The van der Waals surface area contributed by atoms with Crippen molar-refractivity contribution in [1.29, 1.82) is 0 Å². The minimum Gasteiger partial charge on any atom is -0.508 e. The van der Waals surface area contributed by atoms with Crippen LogP contribution in [0.25, 0.3) is 0 Å². The molecule has 0 saturated carbocycles. The molecule has 0 atom stereocenters. The first-order chi connectivity index (χ1) is 8.95. The molecule has 2 rings (SSSR count). The Balaban J connectivity index is 2.25. The second kappa shape index (κ2) is 5.27. The lowest BCUT2D eigenvalue weighted by Crippen LogP contribution is -2.13. The van der Waals surface area contributed by atoms with E-state index >= 15 is 0 Å². The number of anilines is 1. The van der Waals surface area contributed by atoms with Crippen LogP contribution in [0.3, 0.4) is 0 Å². The Kier molecular flexibility index (Phi) is 3.71. The van der Waals surface area contributed by atoms with Crippen LogP contribution in [0.15, 0.2) is 34.9 Å². The molecule has 1 aromatic heterocycles. The predicted molar refractivity (Wildman–Crippen MR) is 74.4 cm³/mol. The molecule has 98 valence electrons. The number of nitrogens with zero attached hydrogens (tertiary/aromatic N) is 1. The number of carbonyl (C=O) groups excluding carboxylic acids is 1. The molecule has 0 unspecified atom stereocenters. The van der Waals surface area contributed by atoms with Gasteiger partial charge in [-0.15, -0.1) is 0 Å². The Morgan fingerprint density at radius 1 is 1.21 bits per heavy atom. The second-order valence-electron chi connectivity index (χ2n) is 3.96. The van der Waals surface area contributed by atoms with Crippen molar-refractivity contribution in [3.05, 3.63) is 46.2 Å². The number of aryl methyl sites for hydroxylation is 1. The SMILES string of the molecule is Cc1nc(Br)ccc1NC(=O)c1cc(O)cc(O)c1. The maximum Gasteiger partial charge on any atom is 0.255 e. The van der Waals surface area contributed by atoms with Gasteiger partial charge in [-0.05, 0) is 47.1 Å². The quantitative estimate of drug-likeness (QED) is 0.742. The van der Waals surface area contributed by atoms with Crippen LogP contribution in [-0.4, -0.2) is 21.1 Å². The lowest BCUT2D eigenvalue weighted by Gasteiger charge is -2.08. The van der Waals surface area contributed by atoms with Crippen LogP contribution in [0.2, 0.25) is 0 Å². The van der Waals surface area contributed by atoms with E-state index in [-0.39, 0.29) is 17.1 Å². The number of hydrogen-bond donors (Lipinski definition) is 3. The Labute approximate surface area is 118 Å². The molecule has 0 aliphatic heterocycles. The Morgan fingerprint density at radius 2 is 1.84 bits per heavy atom. The number of aromatic hydroxyl groups is 2. The molecule has 0 saturated heterocycles. The maximum atomic E-state index is 12.0. The number of rotatable bonds is 2. The first kappa shape index (κ1) is 13.4. The van der Waals surface area contributed by atoms with Gasteiger partial charge in [-0.2, -0.15) is 0 Å². The number of amides is 1. The number of phenols is 2. The van der Waals surface area contributed by atoms with E-state index < -0.39 is 5.91 Å². The molecule has 1 amide bonds. The van der Waals surface area contributed by atoms with Gasteiger partial charge in [-0.1, -0.05) is 0 Å². The summed E-state index contributed by atoms with van der Waals surface area (Å²) in [6, 6.07) is 7.13. The fourth-order valence-corrected chi connectivity index (χ4v) is 1.98. The number of halogens is 1. The zero-order chi connectivity index (χ0) is 14.0. The minimum atomic E-state index is -0.432. The van der Waals surface area contributed by atoms with E-state index in [1.165, 1.54) is 12.1 Å². The lowest BCUT2D eigenvalue weighted by molar-refractivity contribution is 0.102. The minimum absolute atomic E-state index is 0.166. The van der Waals surface area contributed by atoms with Gasteiger partial charge in [0, 0.05) is 11.6 Å². The standard InChI is InChI=1S/C13H11BrN2O3/c1-7-11(2-3-12(14)15-7)16-13(19)8-4-9(17)6-10(18)5-8/h2-6,17-18H,1H3,(H,16,19). The lowest BCUT2D eigenvalue weighted by atomic mass is 10.2. The molecule has 0 spiro atoms. The summed E-state index contributed by atoms with van der Waals surface area (Å²) in [5.41, 5.74) is 1.39. The molecule has 19 heavy (non-hydrogen) atoms. The van der Waals surface area contributed by atoms with Crippen molar-refractivity contribution in [3.63, 3.8) is 0 Å². The summed E-state index contributed by atoms with van der Waals surface area (Å²) in [5, 5.41) is 21.3. The molecule has 0 aliphatic carbocycles. The molecular formula is C13H11BrN2O3. The van der Waals surface area contributed by atoms with Gasteiger partial charge in [0.15, 0.2) is 0 Å². The number of phenolic OH excluding ortho intramolecular Hbond substituents is 2. The predicted octanol–water partition coefficient (Wildman–Crippen LogP) is 2.82. The average molecular weight is 323 g/mol. The van der Waals surface area contributed by atoms with Crippen LogP contribution in [0, 0.1) is 6.92 Å². The maximum absolute atomic E-state index is 12.0. The number of pyridine rings is 1. The second-order valence-corrected chi connectivity index (χ2v) is 4.77. The molecule has 5 nitrogen and oxygen atoms in total. The average Bonchev–Trinajstić information content (AvgIpc) is 2.31. The zero-order valence-electron chi connectivity index (χ0n) is 10.0. The van der Waals surface area contributed by atoms with E-state index in [0.29, 0.717) is 16.0 Å². The highest BCUT2D eigenvalue weighted by molar-refractivity contribution is 9.10. The third-order valence-electron chi connectivity index (χ3n) is 2.46. The zero-order valence-corrected chi connectivity index (χ0v) is 11.6. The molecule has 2 aromatic rings. The summed E-state index contributed by atoms with van der Waals surface area (Å²) in [5.74, 6) is -0.773. The van der Waals surface area contributed by atoms with Crippen molar-refractivity contribution >= 4 is 27.5 Å². The summed E-state index contributed by atoms with van der Waals surface area (Å²) >= 11 is 3.24. The third kappa shape index (κ3) is 3.23. The third-order valence-corrected chi connectivity index (χ3v) is 2.91. The first-order valence-corrected chi connectivity index (χ1v) is 6.22. The van der Waals surface area contributed by atoms with Gasteiger partial charge in [0.25, 0.3) is 5.91 Å². The summed E-state index contributed by atoms with van der Waals surface area (Å²) in [7, 11) is 0. The van der Waals surface area contributed by atoms with Gasteiger partial charge < -0.3 is 15.5 Å². The Hall–Kier alpha value is -2.08. The number of hydrogen-bond acceptors (Lipinski definition) is 4. The summed E-state index contributed by atoms with van der Waals surface area (Å²) in [6.07, 6.45) is 0. The smallest absolute Gasteiger partial charge is 0.255 e. The molecule has 1 aromatic carbocycles. The molecule has 1 heterocycles. The normalized spacial score (nSPS) is 10.2. The molecular weight excluding hydrogens is 312 g/mol. The number of benzene rings is 1. The largest absolute Gasteiger partial charge is 0.508 e. The van der Waals surface area contributed by atoms with Crippen LogP contribution in [0.5, 0.6) is 11.5 Å². The Morgan fingerprint density at radius 3 is 2.42 bits per heavy atom. The van der Waals surface area contributed by atoms with Crippen LogP contribution in [-0.2, 0) is 0 Å². The summed E-state index contributed by atoms with van der Waals surface area (Å²) in [6.45, 7) is 1.76. The van der Waals surface area contributed by atoms with Crippen molar-refractivity contribution in [2.75, 3.05) is 5.32 Å². The molecule has 0 fully saturated rings. The van der Waals surface area contributed by atoms with E-state index in [1.54, 1.807) is 19.1 Å².